The molecule has 4 aromatic rings. The number of hydrogen-bond acceptors (Lipinski definition) is 7. The highest BCUT2D eigenvalue weighted by Crippen LogP contribution is 2.39. The standard InChI is InChI=1S/C23H23N7O/c1-14-5-3-7-17(22(14)31-2)19-11-20(27-23(24)26-19)21-13-30(29-28-21)12-16-6-4-8-18(25-16)15-9-10-15/h3-8,11,13,15H,9-10,12H2,1-2H3,(H2,24,26,27). The van der Waals surface area contributed by atoms with Gasteiger partial charge in [0, 0.05) is 17.2 Å². The van der Waals surface area contributed by atoms with Gasteiger partial charge < -0.3 is 10.5 Å². The predicted molar refractivity (Wildman–Crippen MR) is 117 cm³/mol. The van der Waals surface area contributed by atoms with E-state index in [4.69, 9.17) is 15.5 Å². The van der Waals surface area contributed by atoms with E-state index in [1.807, 2.05) is 43.5 Å². The van der Waals surface area contributed by atoms with Crippen LogP contribution in [0.3, 0.4) is 0 Å². The summed E-state index contributed by atoms with van der Waals surface area (Å²) in [5, 5.41) is 8.56. The van der Waals surface area contributed by atoms with Crippen LogP contribution < -0.4 is 10.5 Å². The third-order valence-electron chi connectivity index (χ3n) is 5.38. The second-order valence-electron chi connectivity index (χ2n) is 7.78. The van der Waals surface area contributed by atoms with Gasteiger partial charge in [0.15, 0.2) is 0 Å². The fourth-order valence-electron chi connectivity index (χ4n) is 3.71. The van der Waals surface area contributed by atoms with Crippen molar-refractivity contribution in [3.05, 3.63) is 65.6 Å². The zero-order valence-electron chi connectivity index (χ0n) is 17.5. The van der Waals surface area contributed by atoms with Crippen molar-refractivity contribution in [2.45, 2.75) is 32.2 Å². The number of hydrogen-bond donors (Lipinski definition) is 1. The van der Waals surface area contributed by atoms with Crippen LogP contribution in [0.2, 0.25) is 0 Å². The Labute approximate surface area is 180 Å². The van der Waals surface area contributed by atoms with E-state index in [2.05, 4.69) is 32.4 Å². The van der Waals surface area contributed by atoms with Crippen molar-refractivity contribution in [2.75, 3.05) is 12.8 Å². The molecule has 0 amide bonds. The van der Waals surface area contributed by atoms with Gasteiger partial charge in [0.2, 0.25) is 5.95 Å². The van der Waals surface area contributed by atoms with Crippen LogP contribution in [0, 0.1) is 6.92 Å². The number of methoxy groups -OCH3 is 1. The summed E-state index contributed by atoms with van der Waals surface area (Å²) < 4.78 is 7.34. The van der Waals surface area contributed by atoms with Crippen molar-refractivity contribution in [2.24, 2.45) is 0 Å². The highest BCUT2D eigenvalue weighted by atomic mass is 16.5. The minimum atomic E-state index is 0.171. The van der Waals surface area contributed by atoms with Crippen LogP contribution in [-0.2, 0) is 6.54 Å². The van der Waals surface area contributed by atoms with Gasteiger partial charge in [-0.25, -0.2) is 14.6 Å². The molecule has 0 radical (unpaired) electrons. The number of para-hydroxylation sites is 1. The summed E-state index contributed by atoms with van der Waals surface area (Å²) in [5.41, 5.74) is 11.9. The van der Waals surface area contributed by atoms with Crippen LogP contribution in [0.25, 0.3) is 22.6 Å². The number of aromatic nitrogens is 6. The summed E-state index contributed by atoms with van der Waals surface area (Å²) in [6.45, 7) is 2.54. The van der Waals surface area contributed by atoms with Crippen LogP contribution in [0.15, 0.2) is 48.7 Å². The first-order valence-corrected chi connectivity index (χ1v) is 10.3. The lowest BCUT2D eigenvalue weighted by atomic mass is 10.1. The summed E-state index contributed by atoms with van der Waals surface area (Å²) >= 11 is 0. The smallest absolute Gasteiger partial charge is 0.221 e. The molecule has 3 heterocycles. The molecule has 0 atom stereocenters. The summed E-state index contributed by atoms with van der Waals surface area (Å²) in [6, 6.07) is 13.9. The fraction of sp³-hybridized carbons (Fsp3) is 0.261. The van der Waals surface area contributed by atoms with Crippen molar-refractivity contribution >= 4 is 5.95 Å². The highest BCUT2D eigenvalue weighted by molar-refractivity contribution is 5.73. The molecule has 0 unspecified atom stereocenters. The summed E-state index contributed by atoms with van der Waals surface area (Å²) in [5.74, 6) is 1.55. The summed E-state index contributed by atoms with van der Waals surface area (Å²) in [6.07, 6.45) is 4.31. The van der Waals surface area contributed by atoms with Crippen LogP contribution in [-0.4, -0.2) is 37.1 Å². The maximum absolute atomic E-state index is 6.02. The molecule has 0 aliphatic heterocycles. The molecular formula is C23H23N7O. The third kappa shape index (κ3) is 3.96. The molecule has 8 nitrogen and oxygen atoms in total. The fourth-order valence-corrected chi connectivity index (χ4v) is 3.71. The van der Waals surface area contributed by atoms with E-state index in [-0.39, 0.29) is 5.95 Å². The highest BCUT2D eigenvalue weighted by Gasteiger charge is 2.24. The molecule has 1 fully saturated rings. The maximum Gasteiger partial charge on any atom is 0.221 e. The first kappa shape index (κ1) is 19.2. The van der Waals surface area contributed by atoms with Crippen molar-refractivity contribution in [3.63, 3.8) is 0 Å². The monoisotopic (exact) mass is 413 g/mol. The maximum atomic E-state index is 6.02. The van der Waals surface area contributed by atoms with E-state index in [9.17, 15) is 0 Å². The second kappa shape index (κ2) is 7.79. The van der Waals surface area contributed by atoms with Crippen molar-refractivity contribution in [1.82, 2.24) is 29.9 Å². The quantitative estimate of drug-likeness (QED) is 0.515. The Kier molecular flexibility index (Phi) is 4.82. The Morgan fingerprint density at radius 3 is 2.65 bits per heavy atom. The molecule has 1 saturated carbocycles. The summed E-state index contributed by atoms with van der Waals surface area (Å²) in [7, 11) is 1.65. The van der Waals surface area contributed by atoms with Gasteiger partial charge in [0.1, 0.15) is 11.4 Å². The minimum absolute atomic E-state index is 0.171. The van der Waals surface area contributed by atoms with Gasteiger partial charge in [0.05, 0.1) is 36.9 Å². The summed E-state index contributed by atoms with van der Waals surface area (Å²) in [4.78, 5) is 13.5. The van der Waals surface area contributed by atoms with Gasteiger partial charge in [-0.1, -0.05) is 23.4 Å². The van der Waals surface area contributed by atoms with Gasteiger partial charge in [-0.3, -0.25) is 4.98 Å². The molecule has 8 heteroatoms. The zero-order valence-corrected chi connectivity index (χ0v) is 17.5. The average molecular weight is 413 g/mol. The first-order chi connectivity index (χ1) is 15.1. The number of nitrogen functional groups attached to an aromatic ring is 1. The molecule has 1 aliphatic carbocycles. The molecule has 5 rings (SSSR count). The first-order valence-electron chi connectivity index (χ1n) is 10.3. The number of anilines is 1. The SMILES string of the molecule is COc1c(C)cccc1-c1cc(-c2cn(Cc3cccc(C4CC4)n3)nn2)nc(N)n1. The second-order valence-corrected chi connectivity index (χ2v) is 7.78. The molecule has 3 aromatic heterocycles. The van der Waals surface area contributed by atoms with Crippen LogP contribution in [0.1, 0.15) is 35.7 Å². The lowest BCUT2D eigenvalue weighted by molar-refractivity contribution is 0.413. The molecule has 2 N–H and O–H groups in total. The van der Waals surface area contributed by atoms with Gasteiger partial charge in [0.25, 0.3) is 0 Å². The van der Waals surface area contributed by atoms with E-state index in [1.54, 1.807) is 11.8 Å². The molecule has 1 aromatic carbocycles. The minimum Gasteiger partial charge on any atom is -0.496 e. The third-order valence-corrected chi connectivity index (χ3v) is 5.38. The largest absolute Gasteiger partial charge is 0.496 e. The van der Waals surface area contributed by atoms with E-state index < -0.39 is 0 Å². The average Bonchev–Trinajstić information content (AvgIpc) is 3.52. The molecule has 0 bridgehead atoms. The van der Waals surface area contributed by atoms with E-state index in [0.29, 0.717) is 29.5 Å². The predicted octanol–water partition coefficient (Wildman–Crippen LogP) is 3.62. The van der Waals surface area contributed by atoms with Crippen LogP contribution >= 0.6 is 0 Å². The Morgan fingerprint density at radius 2 is 1.84 bits per heavy atom. The molecule has 0 saturated heterocycles. The molecular weight excluding hydrogens is 390 g/mol. The Balaban J connectivity index is 1.45. The van der Waals surface area contributed by atoms with Gasteiger partial charge in [-0.15, -0.1) is 5.10 Å². The van der Waals surface area contributed by atoms with Gasteiger partial charge >= 0.3 is 0 Å². The molecule has 0 spiro atoms. The number of benzene rings is 1. The molecule has 31 heavy (non-hydrogen) atoms. The van der Waals surface area contributed by atoms with Crippen molar-refractivity contribution in [1.29, 1.82) is 0 Å². The molecule has 1 aliphatic rings. The number of ether oxygens (including phenoxy) is 1. The van der Waals surface area contributed by atoms with E-state index in [1.165, 1.54) is 12.8 Å². The number of aryl methyl sites for hydroxylation is 1. The number of nitrogens with two attached hydrogens (primary N) is 1. The Hall–Kier alpha value is -3.81. The Morgan fingerprint density at radius 1 is 1.03 bits per heavy atom. The van der Waals surface area contributed by atoms with E-state index in [0.717, 1.165) is 28.3 Å². The lowest BCUT2D eigenvalue weighted by Gasteiger charge is -2.11. The van der Waals surface area contributed by atoms with Crippen molar-refractivity contribution in [3.8, 4) is 28.4 Å². The number of rotatable bonds is 6. The topological polar surface area (TPSA) is 105 Å². The van der Waals surface area contributed by atoms with Gasteiger partial charge in [-0.05, 0) is 49.6 Å². The molecule has 156 valence electrons. The van der Waals surface area contributed by atoms with Crippen LogP contribution in [0.5, 0.6) is 5.75 Å². The lowest BCUT2D eigenvalue weighted by Crippen LogP contribution is -2.03. The number of nitrogens with zero attached hydrogens (tertiary/aromatic N) is 6. The van der Waals surface area contributed by atoms with Gasteiger partial charge in [-0.2, -0.15) is 0 Å². The van der Waals surface area contributed by atoms with E-state index >= 15 is 0 Å². The zero-order chi connectivity index (χ0) is 21.4. The normalized spacial score (nSPS) is 13.4. The van der Waals surface area contributed by atoms with Crippen LogP contribution in [0.4, 0.5) is 5.95 Å². The van der Waals surface area contributed by atoms with Crippen molar-refractivity contribution < 1.29 is 4.74 Å². The number of pyridine rings is 1. The Bertz CT molecular complexity index is 1250.